The van der Waals surface area contributed by atoms with E-state index in [1.165, 1.54) is 23.5 Å². The molecular formula is C22H19FN4O4S2. The standard InChI is InChI=1S/C22H19FN4O4S2/c23-15-4-6-16(7-5-15)33(30,31)27-9-1-2-19(27)21(29)26-22-25-18(12-32-22)13-3-8-17-14(10-13)11-20(28)24-17/h3-8,10,12,19H,1-2,9,11H2,(H,24,28)(H,25,26,29). The fourth-order valence-corrected chi connectivity index (χ4v) is 6.45. The lowest BCUT2D eigenvalue weighted by atomic mass is 10.1. The molecule has 1 aromatic heterocycles. The van der Waals surface area contributed by atoms with Gasteiger partial charge in [-0.2, -0.15) is 4.31 Å². The van der Waals surface area contributed by atoms with E-state index < -0.39 is 27.8 Å². The van der Waals surface area contributed by atoms with Crippen LogP contribution in [-0.4, -0.2) is 42.1 Å². The number of carbonyl (C=O) groups is 2. The Bertz CT molecular complexity index is 1350. The third-order valence-corrected chi connectivity index (χ3v) is 8.37. The minimum atomic E-state index is -3.93. The highest BCUT2D eigenvalue weighted by Gasteiger charge is 2.39. The Morgan fingerprint density at radius 2 is 2.00 bits per heavy atom. The molecule has 2 N–H and O–H groups in total. The van der Waals surface area contributed by atoms with Crippen molar-refractivity contribution in [2.24, 2.45) is 0 Å². The van der Waals surface area contributed by atoms with Gasteiger partial charge in [0.2, 0.25) is 21.8 Å². The van der Waals surface area contributed by atoms with Crippen molar-refractivity contribution >= 4 is 44.0 Å². The number of fused-ring (bicyclic) bond motifs is 1. The predicted octanol–water partition coefficient (Wildman–Crippen LogP) is 3.24. The van der Waals surface area contributed by atoms with Gasteiger partial charge in [-0.05, 0) is 54.8 Å². The van der Waals surface area contributed by atoms with Crippen LogP contribution in [0.2, 0.25) is 0 Å². The van der Waals surface area contributed by atoms with Crippen LogP contribution in [0.25, 0.3) is 11.3 Å². The molecule has 3 aromatic rings. The topological polar surface area (TPSA) is 108 Å². The Balaban J connectivity index is 1.32. The minimum absolute atomic E-state index is 0.0508. The van der Waals surface area contributed by atoms with Gasteiger partial charge in [0.1, 0.15) is 11.9 Å². The molecule has 2 aliphatic heterocycles. The number of halogens is 1. The molecule has 1 unspecified atom stereocenters. The van der Waals surface area contributed by atoms with Crippen LogP contribution in [0, 0.1) is 5.82 Å². The molecule has 0 bridgehead atoms. The highest BCUT2D eigenvalue weighted by Crippen LogP contribution is 2.32. The summed E-state index contributed by atoms with van der Waals surface area (Å²) in [6.45, 7) is 0.211. The maximum Gasteiger partial charge on any atom is 0.244 e. The molecule has 8 nitrogen and oxygen atoms in total. The Kier molecular flexibility index (Phi) is 5.47. The summed E-state index contributed by atoms with van der Waals surface area (Å²) in [5, 5.41) is 7.67. The lowest BCUT2D eigenvalue weighted by Crippen LogP contribution is -2.43. The van der Waals surface area contributed by atoms with E-state index in [-0.39, 0.29) is 17.3 Å². The molecule has 1 fully saturated rings. The third-order valence-electron chi connectivity index (χ3n) is 5.69. The van der Waals surface area contributed by atoms with Crippen molar-refractivity contribution in [3.8, 4) is 11.3 Å². The van der Waals surface area contributed by atoms with E-state index in [2.05, 4.69) is 15.6 Å². The normalized spacial score (nSPS) is 18.2. The molecule has 1 atom stereocenters. The molecule has 0 saturated carbocycles. The van der Waals surface area contributed by atoms with Crippen LogP contribution in [0.4, 0.5) is 15.2 Å². The summed E-state index contributed by atoms with van der Waals surface area (Å²) in [6.07, 6.45) is 1.25. The largest absolute Gasteiger partial charge is 0.326 e. The van der Waals surface area contributed by atoms with E-state index in [1.54, 1.807) is 5.38 Å². The number of nitrogens with zero attached hydrogens (tertiary/aromatic N) is 2. The van der Waals surface area contributed by atoms with Gasteiger partial charge in [-0.3, -0.25) is 9.59 Å². The first kappa shape index (κ1) is 21.7. The second-order valence-corrected chi connectivity index (χ2v) is 10.6. The van der Waals surface area contributed by atoms with Crippen molar-refractivity contribution in [2.75, 3.05) is 17.2 Å². The van der Waals surface area contributed by atoms with Crippen molar-refractivity contribution in [1.82, 2.24) is 9.29 Å². The number of aromatic nitrogens is 1. The van der Waals surface area contributed by atoms with Crippen LogP contribution in [0.5, 0.6) is 0 Å². The van der Waals surface area contributed by atoms with Crippen molar-refractivity contribution < 1.29 is 22.4 Å². The molecule has 1 saturated heterocycles. The molecule has 0 aliphatic carbocycles. The summed E-state index contributed by atoms with van der Waals surface area (Å²) in [5.41, 5.74) is 3.16. The molecule has 3 heterocycles. The number of benzene rings is 2. The van der Waals surface area contributed by atoms with Gasteiger partial charge in [0.25, 0.3) is 0 Å². The van der Waals surface area contributed by atoms with E-state index in [4.69, 9.17) is 0 Å². The second-order valence-electron chi connectivity index (χ2n) is 7.85. The number of hydrogen-bond donors (Lipinski definition) is 2. The third kappa shape index (κ3) is 4.14. The predicted molar refractivity (Wildman–Crippen MR) is 122 cm³/mol. The fourth-order valence-electron chi connectivity index (χ4n) is 4.07. The fraction of sp³-hybridized carbons (Fsp3) is 0.227. The van der Waals surface area contributed by atoms with E-state index in [9.17, 15) is 22.4 Å². The molecule has 2 aliphatic rings. The van der Waals surface area contributed by atoms with Crippen LogP contribution in [-0.2, 0) is 26.0 Å². The number of amides is 2. The average Bonchev–Trinajstić information content (AvgIpc) is 3.52. The molecule has 5 rings (SSSR count). The van der Waals surface area contributed by atoms with Gasteiger partial charge in [-0.15, -0.1) is 11.3 Å². The Morgan fingerprint density at radius 3 is 2.79 bits per heavy atom. The monoisotopic (exact) mass is 486 g/mol. The van der Waals surface area contributed by atoms with Gasteiger partial charge in [-0.25, -0.2) is 17.8 Å². The number of nitrogens with one attached hydrogen (secondary N) is 2. The van der Waals surface area contributed by atoms with E-state index in [1.807, 2.05) is 18.2 Å². The number of sulfonamides is 1. The van der Waals surface area contributed by atoms with Crippen LogP contribution in [0.15, 0.2) is 52.7 Å². The van der Waals surface area contributed by atoms with Crippen LogP contribution in [0.1, 0.15) is 18.4 Å². The summed E-state index contributed by atoms with van der Waals surface area (Å²) < 4.78 is 40.4. The molecule has 11 heteroatoms. The average molecular weight is 487 g/mol. The van der Waals surface area contributed by atoms with Crippen LogP contribution < -0.4 is 10.6 Å². The molecule has 0 radical (unpaired) electrons. The maximum absolute atomic E-state index is 13.2. The van der Waals surface area contributed by atoms with Crippen LogP contribution in [0.3, 0.4) is 0 Å². The lowest BCUT2D eigenvalue weighted by molar-refractivity contribution is -0.119. The van der Waals surface area contributed by atoms with E-state index in [0.717, 1.165) is 33.3 Å². The highest BCUT2D eigenvalue weighted by atomic mass is 32.2. The molecule has 0 spiro atoms. The summed E-state index contributed by atoms with van der Waals surface area (Å²) in [6, 6.07) is 9.25. The Hall–Kier alpha value is -3.15. The van der Waals surface area contributed by atoms with Crippen molar-refractivity contribution in [2.45, 2.75) is 30.2 Å². The van der Waals surface area contributed by atoms with E-state index >= 15 is 0 Å². The number of hydrogen-bond acceptors (Lipinski definition) is 6. The van der Waals surface area contributed by atoms with Crippen molar-refractivity contribution in [1.29, 1.82) is 0 Å². The van der Waals surface area contributed by atoms with Gasteiger partial charge in [0, 0.05) is 23.2 Å². The molecular weight excluding hydrogens is 467 g/mol. The quantitative estimate of drug-likeness (QED) is 0.576. The van der Waals surface area contributed by atoms with Gasteiger partial charge < -0.3 is 10.6 Å². The second kappa shape index (κ2) is 8.32. The molecule has 170 valence electrons. The smallest absolute Gasteiger partial charge is 0.244 e. The zero-order valence-electron chi connectivity index (χ0n) is 17.2. The van der Waals surface area contributed by atoms with Gasteiger partial charge >= 0.3 is 0 Å². The van der Waals surface area contributed by atoms with E-state index in [0.29, 0.717) is 30.1 Å². The zero-order valence-corrected chi connectivity index (χ0v) is 18.9. The number of anilines is 2. The first-order valence-electron chi connectivity index (χ1n) is 10.3. The van der Waals surface area contributed by atoms with Gasteiger partial charge in [0.15, 0.2) is 5.13 Å². The Labute approximate surface area is 193 Å². The highest BCUT2D eigenvalue weighted by molar-refractivity contribution is 7.89. The van der Waals surface area contributed by atoms with Gasteiger partial charge in [0.05, 0.1) is 17.0 Å². The van der Waals surface area contributed by atoms with Gasteiger partial charge in [-0.1, -0.05) is 6.07 Å². The number of rotatable bonds is 5. The van der Waals surface area contributed by atoms with Crippen molar-refractivity contribution in [3.05, 3.63) is 59.2 Å². The first-order valence-corrected chi connectivity index (χ1v) is 12.6. The maximum atomic E-state index is 13.2. The molecule has 2 aromatic carbocycles. The summed E-state index contributed by atoms with van der Waals surface area (Å²) in [5.74, 6) is -1.04. The van der Waals surface area contributed by atoms with Crippen LogP contribution >= 0.6 is 11.3 Å². The Morgan fingerprint density at radius 1 is 1.21 bits per heavy atom. The summed E-state index contributed by atoms with van der Waals surface area (Å²) in [4.78, 5) is 28.9. The van der Waals surface area contributed by atoms with Crippen molar-refractivity contribution in [3.63, 3.8) is 0 Å². The molecule has 2 amide bonds. The first-order chi connectivity index (χ1) is 15.8. The zero-order chi connectivity index (χ0) is 23.2. The number of thiazole rings is 1. The molecule has 33 heavy (non-hydrogen) atoms. The summed E-state index contributed by atoms with van der Waals surface area (Å²) in [7, 11) is -3.93. The summed E-state index contributed by atoms with van der Waals surface area (Å²) >= 11 is 1.24. The SMILES string of the molecule is O=C1Cc2cc(-c3csc(NC(=O)C4CCCN4S(=O)(=O)c4ccc(F)cc4)n3)ccc2N1. The lowest BCUT2D eigenvalue weighted by Gasteiger charge is -2.23. The minimum Gasteiger partial charge on any atom is -0.326 e. The number of carbonyl (C=O) groups excluding carboxylic acids is 2.